The van der Waals surface area contributed by atoms with Gasteiger partial charge in [0.25, 0.3) is 0 Å². The number of allylic oxidation sites excluding steroid dienone is 5. The first kappa shape index (κ1) is 52.2. The molecule has 0 aliphatic carbocycles. The van der Waals surface area contributed by atoms with Crippen LogP contribution in [0.2, 0.25) is 0 Å². The normalized spacial score (nSPS) is 21.3. The Balaban J connectivity index is 2.42. The van der Waals surface area contributed by atoms with Crippen molar-refractivity contribution in [3.8, 4) is 0 Å². The number of nitrogens with two attached hydrogens (primary N) is 1. The van der Waals surface area contributed by atoms with Gasteiger partial charge in [0.05, 0.1) is 37.8 Å². The van der Waals surface area contributed by atoms with Crippen molar-refractivity contribution >= 4 is 13.8 Å². The standard InChI is InChI=1S/C43H78NO11P/c1-3-5-7-8-9-10-11-12-13-14-15-16-17-18-21-25-32-51-38(36-54-56(49,50)53-33-31-44)35-52-42(47)28-24-20-19-23-27-39-40(46)34-43(48)55-41(39)30-29-37(45)26-22-6-4-2/h12-13,19,23,25,29-30,32,37-41,43,45-46,48H,3-11,14-18,20-22,24,26-28,31,33-36,44H2,1-2H3,(H,49,50)/b13-12-,23-19-,30-29+,32-25+/t37-,38+,39-,40-,41+,43?/m0/s1. The van der Waals surface area contributed by atoms with Crippen LogP contribution in [0.5, 0.6) is 0 Å². The Morgan fingerprint density at radius 1 is 0.821 bits per heavy atom. The van der Waals surface area contributed by atoms with E-state index >= 15 is 0 Å². The highest BCUT2D eigenvalue weighted by Gasteiger charge is 2.35. The number of esters is 1. The summed E-state index contributed by atoms with van der Waals surface area (Å²) in [6.07, 6.45) is 32.7. The first-order chi connectivity index (χ1) is 27.1. The number of phosphoric acid groups is 1. The van der Waals surface area contributed by atoms with Crippen molar-refractivity contribution in [2.75, 3.05) is 26.4 Å². The number of carbonyl (C=O) groups is 1. The number of ether oxygens (including phenoxy) is 3. The number of rotatable bonds is 36. The van der Waals surface area contributed by atoms with E-state index in [0.29, 0.717) is 25.7 Å². The van der Waals surface area contributed by atoms with Crippen LogP contribution in [-0.2, 0) is 32.6 Å². The molecular formula is C43H78NO11P. The zero-order valence-corrected chi connectivity index (χ0v) is 35.5. The smallest absolute Gasteiger partial charge is 0.472 e. The van der Waals surface area contributed by atoms with Crippen LogP contribution in [0.3, 0.4) is 0 Å². The van der Waals surface area contributed by atoms with E-state index in [0.717, 1.165) is 44.9 Å². The SMILES string of the molecule is CCCCCCCC/C=C\CCCCCC/C=C/O[C@H](COC(=O)CCC/C=C\C[C@H]1[C@@H](O)CC(O)O[C@@H]1/C=C/[C@@H](O)CCCCC)COP(=O)(O)OCCN. The zero-order valence-electron chi connectivity index (χ0n) is 34.6. The number of aliphatic hydroxyl groups excluding tert-OH is 3. The third-order valence-electron chi connectivity index (χ3n) is 9.60. The van der Waals surface area contributed by atoms with Crippen LogP contribution in [0.1, 0.15) is 155 Å². The molecule has 13 heteroatoms. The summed E-state index contributed by atoms with van der Waals surface area (Å²) in [4.78, 5) is 22.4. The van der Waals surface area contributed by atoms with Crippen molar-refractivity contribution in [3.05, 3.63) is 48.8 Å². The molecule has 0 aromatic rings. The molecule has 56 heavy (non-hydrogen) atoms. The van der Waals surface area contributed by atoms with Crippen LogP contribution < -0.4 is 5.73 Å². The van der Waals surface area contributed by atoms with Gasteiger partial charge in [-0.05, 0) is 70.3 Å². The lowest BCUT2D eigenvalue weighted by atomic mass is 9.87. The van der Waals surface area contributed by atoms with Gasteiger partial charge in [-0.3, -0.25) is 13.8 Å². The van der Waals surface area contributed by atoms with Crippen LogP contribution >= 0.6 is 7.82 Å². The summed E-state index contributed by atoms with van der Waals surface area (Å²) in [5.74, 6) is -0.716. The molecule has 2 unspecified atom stereocenters. The second-order valence-corrected chi connectivity index (χ2v) is 16.2. The van der Waals surface area contributed by atoms with E-state index in [1.165, 1.54) is 64.0 Å². The summed E-state index contributed by atoms with van der Waals surface area (Å²) in [5, 5.41) is 30.9. The van der Waals surface area contributed by atoms with Gasteiger partial charge >= 0.3 is 13.8 Å². The topological polar surface area (TPSA) is 187 Å². The maximum atomic E-state index is 12.5. The van der Waals surface area contributed by atoms with Gasteiger partial charge in [0.1, 0.15) is 6.61 Å². The second-order valence-electron chi connectivity index (χ2n) is 14.8. The third kappa shape index (κ3) is 29.4. The van der Waals surface area contributed by atoms with E-state index < -0.39 is 44.5 Å². The fourth-order valence-corrected chi connectivity index (χ4v) is 7.01. The van der Waals surface area contributed by atoms with Crippen molar-refractivity contribution in [2.24, 2.45) is 11.7 Å². The highest BCUT2D eigenvalue weighted by atomic mass is 31.2. The van der Waals surface area contributed by atoms with E-state index in [9.17, 15) is 29.6 Å². The van der Waals surface area contributed by atoms with Crippen molar-refractivity contribution in [2.45, 2.75) is 186 Å². The molecule has 7 atom stereocenters. The van der Waals surface area contributed by atoms with Gasteiger partial charge in [0, 0.05) is 25.3 Å². The van der Waals surface area contributed by atoms with E-state index in [2.05, 4.69) is 26.0 Å². The van der Waals surface area contributed by atoms with Gasteiger partial charge in [-0.25, -0.2) is 4.57 Å². The molecule has 0 amide bonds. The fraction of sp³-hybridized carbons (Fsp3) is 0.791. The first-order valence-corrected chi connectivity index (χ1v) is 23.1. The van der Waals surface area contributed by atoms with Crippen molar-refractivity contribution < 1.29 is 52.8 Å². The maximum absolute atomic E-state index is 12.5. The van der Waals surface area contributed by atoms with Crippen LogP contribution in [0, 0.1) is 5.92 Å². The molecular weight excluding hydrogens is 737 g/mol. The van der Waals surface area contributed by atoms with Gasteiger partial charge < -0.3 is 40.2 Å². The monoisotopic (exact) mass is 816 g/mol. The summed E-state index contributed by atoms with van der Waals surface area (Å²) in [6, 6.07) is 0. The third-order valence-corrected chi connectivity index (χ3v) is 10.6. The molecule has 326 valence electrons. The minimum atomic E-state index is -4.34. The molecule has 0 spiro atoms. The van der Waals surface area contributed by atoms with Crippen molar-refractivity contribution in [1.82, 2.24) is 0 Å². The number of hydrogen-bond acceptors (Lipinski definition) is 11. The molecule has 0 aromatic heterocycles. The average Bonchev–Trinajstić information content (AvgIpc) is 3.17. The lowest BCUT2D eigenvalue weighted by Crippen LogP contribution is -2.43. The Bertz CT molecular complexity index is 1120. The van der Waals surface area contributed by atoms with Crippen molar-refractivity contribution in [3.63, 3.8) is 0 Å². The lowest BCUT2D eigenvalue weighted by molar-refractivity contribution is -0.199. The summed E-state index contributed by atoms with van der Waals surface area (Å²) < 4.78 is 38.8. The largest absolute Gasteiger partial charge is 0.492 e. The van der Waals surface area contributed by atoms with Gasteiger partial charge in [-0.15, -0.1) is 0 Å². The van der Waals surface area contributed by atoms with Gasteiger partial charge in [-0.2, -0.15) is 0 Å². The molecule has 1 aliphatic rings. The highest BCUT2D eigenvalue weighted by Crippen LogP contribution is 2.43. The van der Waals surface area contributed by atoms with Gasteiger partial charge in [0.15, 0.2) is 12.4 Å². The predicted octanol–water partition coefficient (Wildman–Crippen LogP) is 8.87. The van der Waals surface area contributed by atoms with Gasteiger partial charge in [-0.1, -0.05) is 115 Å². The van der Waals surface area contributed by atoms with Gasteiger partial charge in [0.2, 0.25) is 0 Å². The molecule has 1 heterocycles. The quantitative estimate of drug-likeness (QED) is 0.0133. The predicted molar refractivity (Wildman–Crippen MR) is 222 cm³/mol. The van der Waals surface area contributed by atoms with Crippen molar-refractivity contribution in [1.29, 1.82) is 0 Å². The Morgan fingerprint density at radius 2 is 1.43 bits per heavy atom. The first-order valence-electron chi connectivity index (χ1n) is 21.6. The molecule has 6 N–H and O–H groups in total. The number of carbonyl (C=O) groups excluding carboxylic acids is 1. The second kappa shape index (κ2) is 35.1. The number of unbranched alkanes of at least 4 members (excludes halogenated alkanes) is 14. The average molecular weight is 816 g/mol. The fourth-order valence-electron chi connectivity index (χ4n) is 6.25. The van der Waals surface area contributed by atoms with E-state index in [-0.39, 0.29) is 45.1 Å². The molecule has 0 saturated carbocycles. The molecule has 1 rings (SSSR count). The number of phosphoric ester groups is 1. The van der Waals surface area contributed by atoms with E-state index in [4.69, 9.17) is 29.0 Å². The molecule has 1 saturated heterocycles. The lowest BCUT2D eigenvalue weighted by Gasteiger charge is -2.36. The van der Waals surface area contributed by atoms with Crippen LogP contribution in [0.4, 0.5) is 0 Å². The number of hydrogen-bond donors (Lipinski definition) is 5. The Labute approximate surface area is 338 Å². The molecule has 1 aliphatic heterocycles. The minimum Gasteiger partial charge on any atom is -0.492 e. The molecule has 1 fully saturated rings. The molecule has 12 nitrogen and oxygen atoms in total. The maximum Gasteiger partial charge on any atom is 0.472 e. The van der Waals surface area contributed by atoms with Crippen LogP contribution in [0.15, 0.2) is 48.8 Å². The summed E-state index contributed by atoms with van der Waals surface area (Å²) >= 11 is 0. The van der Waals surface area contributed by atoms with Crippen LogP contribution in [0.25, 0.3) is 0 Å². The van der Waals surface area contributed by atoms with Crippen LogP contribution in [-0.4, -0.2) is 83.3 Å². The van der Waals surface area contributed by atoms with E-state index in [1.807, 2.05) is 18.2 Å². The molecule has 0 radical (unpaired) electrons. The summed E-state index contributed by atoms with van der Waals surface area (Å²) in [6.45, 7) is 3.77. The zero-order chi connectivity index (χ0) is 41.1. The summed E-state index contributed by atoms with van der Waals surface area (Å²) in [7, 11) is -4.34. The molecule has 0 aromatic carbocycles. The molecule has 0 bridgehead atoms. The number of aliphatic hydroxyl groups is 3. The highest BCUT2D eigenvalue weighted by molar-refractivity contribution is 7.47. The minimum absolute atomic E-state index is 0.0581. The Hall–Kier alpha value is -1.86. The summed E-state index contributed by atoms with van der Waals surface area (Å²) in [5.41, 5.74) is 5.36. The Morgan fingerprint density at radius 3 is 2.11 bits per heavy atom. The Kier molecular flexibility index (Phi) is 32.7. The van der Waals surface area contributed by atoms with E-state index in [1.54, 1.807) is 12.2 Å².